The van der Waals surface area contributed by atoms with E-state index in [1.54, 1.807) is 11.0 Å². The van der Waals surface area contributed by atoms with E-state index in [9.17, 15) is 9.59 Å². The predicted octanol–water partition coefficient (Wildman–Crippen LogP) is 7.29. The highest BCUT2D eigenvalue weighted by Crippen LogP contribution is 2.27. The smallest absolute Gasteiger partial charge is 0.410 e. The first kappa shape index (κ1) is 35.3. The molecule has 262 valence electrons. The highest BCUT2D eigenvalue weighted by Gasteiger charge is 2.29. The van der Waals surface area contributed by atoms with Crippen molar-refractivity contribution < 1.29 is 23.2 Å². The molecular weight excluding hydrogens is 627 g/mol. The van der Waals surface area contributed by atoms with Crippen molar-refractivity contribution in [3.8, 4) is 11.1 Å². The molecule has 2 aliphatic heterocycles. The minimum atomic E-state index is -0.300. The molecule has 0 aromatic heterocycles. The van der Waals surface area contributed by atoms with Crippen molar-refractivity contribution in [1.82, 2.24) is 15.1 Å². The van der Waals surface area contributed by atoms with Crippen LogP contribution in [0.4, 0.5) is 9.18 Å². The van der Waals surface area contributed by atoms with Gasteiger partial charge in [-0.3, -0.25) is 9.69 Å². The Kier molecular flexibility index (Phi) is 11.3. The number of amides is 2. The molecule has 1 N–H and O–H groups in total. The van der Waals surface area contributed by atoms with E-state index in [-0.39, 0.29) is 30.5 Å². The van der Waals surface area contributed by atoms with Crippen molar-refractivity contribution in [2.24, 2.45) is 5.92 Å². The van der Waals surface area contributed by atoms with E-state index in [2.05, 4.69) is 36.4 Å². The zero-order chi connectivity index (χ0) is 35.1. The molecule has 2 aliphatic rings. The molecule has 2 amide bonds. The van der Waals surface area contributed by atoms with Crippen LogP contribution in [0.5, 0.6) is 0 Å². The second-order valence-corrected chi connectivity index (χ2v) is 14.7. The van der Waals surface area contributed by atoms with Crippen LogP contribution in [-0.2, 0) is 30.9 Å². The standard InChI is InChI=1S/C42H49FN4O3/c1-31-28-45(19-20-46(31)42(49)50-30-33-9-5-4-6-10-33)29-36-12-8-13-37(25-36)39-26-35(15-16-40(39)43)27-44-41(48)38-14-7-11-34(24-38)23-32-17-21-47(2,3)22-18-32/h4-16,24-26,31-32H,17-23,27-30H2,1-3H3/p+1/t31-/m0/s1. The van der Waals surface area contributed by atoms with E-state index < -0.39 is 0 Å². The van der Waals surface area contributed by atoms with Gasteiger partial charge in [0, 0.05) is 49.9 Å². The van der Waals surface area contributed by atoms with E-state index in [4.69, 9.17) is 4.74 Å². The van der Waals surface area contributed by atoms with Gasteiger partial charge in [-0.15, -0.1) is 0 Å². The number of benzene rings is 4. The van der Waals surface area contributed by atoms with E-state index in [0.717, 1.165) is 46.2 Å². The van der Waals surface area contributed by atoms with Crippen LogP contribution in [0.2, 0.25) is 0 Å². The first-order chi connectivity index (χ1) is 24.1. The van der Waals surface area contributed by atoms with Gasteiger partial charge in [0.05, 0.1) is 27.2 Å². The molecule has 0 unspecified atom stereocenters. The third-order valence-corrected chi connectivity index (χ3v) is 10.3. The van der Waals surface area contributed by atoms with Crippen LogP contribution >= 0.6 is 0 Å². The molecule has 8 heteroatoms. The van der Waals surface area contributed by atoms with Gasteiger partial charge in [-0.1, -0.05) is 66.7 Å². The van der Waals surface area contributed by atoms with Crippen LogP contribution in [0.15, 0.2) is 97.1 Å². The van der Waals surface area contributed by atoms with Crippen molar-refractivity contribution in [2.45, 2.75) is 51.9 Å². The molecule has 0 radical (unpaired) electrons. The fourth-order valence-corrected chi connectivity index (χ4v) is 7.23. The summed E-state index contributed by atoms with van der Waals surface area (Å²) in [4.78, 5) is 30.1. The van der Waals surface area contributed by atoms with Crippen LogP contribution in [0.3, 0.4) is 0 Å². The lowest BCUT2D eigenvalue weighted by molar-refractivity contribution is -0.896. The molecule has 50 heavy (non-hydrogen) atoms. The second-order valence-electron chi connectivity index (χ2n) is 14.7. The van der Waals surface area contributed by atoms with Gasteiger partial charge in [0.2, 0.25) is 0 Å². The number of hydrogen-bond donors (Lipinski definition) is 1. The number of halogens is 1. The molecule has 0 aliphatic carbocycles. The zero-order valence-corrected chi connectivity index (χ0v) is 29.6. The minimum Gasteiger partial charge on any atom is -0.445 e. The summed E-state index contributed by atoms with van der Waals surface area (Å²) >= 11 is 0. The van der Waals surface area contributed by atoms with Crippen LogP contribution in [0.25, 0.3) is 11.1 Å². The summed E-state index contributed by atoms with van der Waals surface area (Å²) in [6, 6.07) is 30.7. The summed E-state index contributed by atoms with van der Waals surface area (Å²) in [7, 11) is 4.59. The van der Waals surface area contributed by atoms with Gasteiger partial charge in [-0.25, -0.2) is 9.18 Å². The average Bonchev–Trinajstić information content (AvgIpc) is 3.12. The van der Waals surface area contributed by atoms with E-state index in [1.165, 1.54) is 37.6 Å². The maximum atomic E-state index is 15.2. The van der Waals surface area contributed by atoms with Crippen molar-refractivity contribution >= 4 is 12.0 Å². The third kappa shape index (κ3) is 9.37. The normalized spacial score (nSPS) is 18.1. The van der Waals surface area contributed by atoms with Crippen molar-refractivity contribution in [2.75, 3.05) is 46.8 Å². The molecule has 2 heterocycles. The third-order valence-electron chi connectivity index (χ3n) is 10.3. The van der Waals surface area contributed by atoms with Gasteiger partial charge in [0.15, 0.2) is 0 Å². The van der Waals surface area contributed by atoms with Crippen molar-refractivity contribution in [1.29, 1.82) is 0 Å². The lowest BCUT2D eigenvalue weighted by Gasteiger charge is -2.39. The van der Waals surface area contributed by atoms with Crippen LogP contribution in [0.1, 0.15) is 52.4 Å². The molecule has 2 saturated heterocycles. The quantitative estimate of drug-likeness (QED) is 0.179. The van der Waals surface area contributed by atoms with Crippen molar-refractivity contribution in [3.05, 3.63) is 131 Å². The molecule has 2 fully saturated rings. The van der Waals surface area contributed by atoms with Crippen LogP contribution in [0, 0.1) is 11.7 Å². The summed E-state index contributed by atoms with van der Waals surface area (Å²) in [5.41, 5.74) is 6.04. The predicted molar refractivity (Wildman–Crippen MR) is 196 cm³/mol. The molecule has 1 atom stereocenters. The van der Waals surface area contributed by atoms with E-state index in [0.29, 0.717) is 36.7 Å². The first-order valence-corrected chi connectivity index (χ1v) is 17.9. The highest BCUT2D eigenvalue weighted by molar-refractivity contribution is 5.94. The highest BCUT2D eigenvalue weighted by atomic mass is 19.1. The number of nitrogens with one attached hydrogen (secondary N) is 1. The van der Waals surface area contributed by atoms with Gasteiger partial charge in [0.25, 0.3) is 5.91 Å². The number of nitrogens with zero attached hydrogens (tertiary/aromatic N) is 3. The molecule has 0 bridgehead atoms. The number of hydrogen-bond acceptors (Lipinski definition) is 4. The number of likely N-dealkylation sites (tertiary alicyclic amines) is 1. The Morgan fingerprint density at radius 1 is 0.840 bits per heavy atom. The number of piperidine rings is 1. The topological polar surface area (TPSA) is 61.9 Å². The van der Waals surface area contributed by atoms with Gasteiger partial charge in [0.1, 0.15) is 12.4 Å². The molecule has 0 spiro atoms. The Balaban J connectivity index is 1.02. The summed E-state index contributed by atoms with van der Waals surface area (Å²) in [6.07, 6.45) is 3.13. The molecule has 0 saturated carbocycles. The van der Waals surface area contributed by atoms with E-state index >= 15 is 4.39 Å². The van der Waals surface area contributed by atoms with Crippen LogP contribution < -0.4 is 5.32 Å². The Bertz CT molecular complexity index is 1770. The Labute approximate surface area is 296 Å². The largest absolute Gasteiger partial charge is 0.445 e. The zero-order valence-electron chi connectivity index (χ0n) is 29.6. The number of quaternary nitrogens is 1. The van der Waals surface area contributed by atoms with Gasteiger partial charge in [-0.2, -0.15) is 0 Å². The summed E-state index contributed by atoms with van der Waals surface area (Å²) in [6.45, 7) is 7.72. The molecule has 4 aromatic carbocycles. The number of ether oxygens (including phenoxy) is 1. The maximum Gasteiger partial charge on any atom is 0.410 e. The number of carbonyl (C=O) groups excluding carboxylic acids is 2. The summed E-state index contributed by atoms with van der Waals surface area (Å²) < 4.78 is 21.8. The minimum absolute atomic E-state index is 0.00549. The Morgan fingerprint density at radius 3 is 2.36 bits per heavy atom. The Morgan fingerprint density at radius 2 is 1.58 bits per heavy atom. The van der Waals surface area contributed by atoms with Gasteiger partial charge >= 0.3 is 6.09 Å². The summed E-state index contributed by atoms with van der Waals surface area (Å²) in [5, 5.41) is 3.04. The lowest BCUT2D eigenvalue weighted by Crippen LogP contribution is -2.53. The number of rotatable bonds is 10. The van der Waals surface area contributed by atoms with Crippen molar-refractivity contribution in [3.63, 3.8) is 0 Å². The van der Waals surface area contributed by atoms with Crippen LogP contribution in [-0.4, -0.2) is 79.1 Å². The van der Waals surface area contributed by atoms with Gasteiger partial charge < -0.3 is 19.4 Å². The maximum absolute atomic E-state index is 15.2. The monoisotopic (exact) mass is 677 g/mol. The van der Waals surface area contributed by atoms with E-state index in [1.807, 2.05) is 79.7 Å². The van der Waals surface area contributed by atoms with Gasteiger partial charge in [-0.05, 0) is 90.3 Å². The fraction of sp³-hybridized carbons (Fsp3) is 0.381. The molecule has 6 rings (SSSR count). The molecule has 4 aromatic rings. The second kappa shape index (κ2) is 16.0. The summed E-state index contributed by atoms with van der Waals surface area (Å²) in [5.74, 6) is 0.233. The molecular formula is C42H50FN4O3+. The number of carbonyl (C=O) groups is 2. The average molecular weight is 678 g/mol. The Hall–Kier alpha value is -4.53. The lowest BCUT2D eigenvalue weighted by atomic mass is 9.89. The number of piperazine rings is 1. The molecule has 7 nitrogen and oxygen atoms in total. The SMILES string of the molecule is C[C@H]1CN(Cc2cccc(-c3cc(CNC(=O)c4cccc(CC5CC[N+](C)(C)CC5)c4)ccc3F)c2)CCN1C(=O)OCc1ccccc1. The first-order valence-electron chi connectivity index (χ1n) is 17.9. The fourth-order valence-electron chi connectivity index (χ4n) is 7.23.